The number of sulfonamides is 1. The molecule has 0 aromatic heterocycles. The maximum absolute atomic E-state index is 13.3. The fraction of sp³-hybridized carbons (Fsp3) is 0.0811. The molecule has 0 aliphatic heterocycles. The molecule has 0 heterocycles. The van der Waals surface area contributed by atoms with Crippen molar-refractivity contribution in [1.29, 1.82) is 0 Å². The predicted octanol–water partition coefficient (Wildman–Crippen LogP) is 8.04. The number of benzene rings is 6. The number of phenolic OH excluding ortho intramolecular Hbond substituents is 1. The Morgan fingerprint density at radius 1 is 0.639 bits per heavy atom. The topological polar surface area (TPSA) is 457 Å². The number of hydrogen-bond acceptors (Lipinski definition) is 28. The van der Waals surface area contributed by atoms with Crippen molar-refractivity contribution in [2.45, 2.75) is 24.5 Å². The second-order valence-electron chi connectivity index (χ2n) is 13.9. The molecule has 6 rings (SSSR count). The summed E-state index contributed by atoms with van der Waals surface area (Å²) in [5.41, 5.74) is 16.8. The van der Waals surface area contributed by atoms with Gasteiger partial charge in [-0.05, 0) is 90.3 Å². The van der Waals surface area contributed by atoms with Gasteiger partial charge in [-0.15, -0.1) is 29.1 Å². The molecule has 0 aliphatic rings. The number of fused-ring (bicyclic) bond motifs is 1. The van der Waals surface area contributed by atoms with Gasteiger partial charge in [0, 0.05) is 11.8 Å². The number of nitrogen functional groups attached to an aromatic ring is 3. The van der Waals surface area contributed by atoms with E-state index in [1.807, 2.05) is 0 Å². The molecule has 0 fully saturated rings. The molecule has 0 spiro atoms. The van der Waals surface area contributed by atoms with Crippen LogP contribution >= 0.6 is 24.4 Å². The van der Waals surface area contributed by atoms with Crippen molar-refractivity contribution in [1.82, 2.24) is 0 Å². The highest BCUT2D eigenvalue weighted by Crippen LogP contribution is 2.50. The van der Waals surface area contributed by atoms with Crippen molar-refractivity contribution >= 4 is 132 Å². The Labute approximate surface area is 415 Å². The van der Waals surface area contributed by atoms with E-state index in [2.05, 4.69) is 54.2 Å². The molecule has 6 aromatic rings. The van der Waals surface area contributed by atoms with E-state index in [4.69, 9.17) is 36.6 Å². The first kappa shape index (κ1) is 54.6. The van der Waals surface area contributed by atoms with Gasteiger partial charge in [0.25, 0.3) is 30.3 Å². The number of azo groups is 3. The van der Waals surface area contributed by atoms with Crippen molar-refractivity contribution in [3.05, 3.63) is 91.0 Å². The molecular weight excluding hydrogens is 1080 g/mol. The third-order valence-electron chi connectivity index (χ3n) is 9.30. The zero-order chi connectivity index (χ0) is 52.6. The average Bonchev–Trinajstić information content (AvgIpc) is 3.32. The SMILES string of the molecule is COc1cc(/N=N/c2ccc(NS(=O)(=O)c3ccc(/N=N/c4c(S(=O)(=O)O)cc5cc(SOOO)c(/N=N/c6ccc(S(=O)(=O)CCOSOOO)cc6S(=O)(=O)O)c(N)c5c4O)cc3)cc2)c(N)cc1N. The van der Waals surface area contributed by atoms with Crippen LogP contribution in [0.1, 0.15) is 0 Å². The second kappa shape index (κ2) is 22.8. The Hall–Kier alpha value is -6.68. The Morgan fingerprint density at radius 3 is 1.86 bits per heavy atom. The highest BCUT2D eigenvalue weighted by molar-refractivity contribution is 7.94. The summed E-state index contributed by atoms with van der Waals surface area (Å²) in [5, 5.41) is 58.4. The molecule has 0 unspecified atom stereocenters. The van der Waals surface area contributed by atoms with Crippen molar-refractivity contribution < 1.29 is 86.1 Å². The number of aromatic hydroxyl groups is 1. The Balaban J connectivity index is 1.29. The lowest BCUT2D eigenvalue weighted by molar-refractivity contribution is -0.434. The minimum atomic E-state index is -5.24. The van der Waals surface area contributed by atoms with E-state index < -0.39 is 101 Å². The summed E-state index contributed by atoms with van der Waals surface area (Å²) in [4.78, 5) is -3.24. The zero-order valence-corrected chi connectivity index (χ0v) is 40.8. The number of nitrogens with one attached hydrogen (secondary N) is 1. The lowest BCUT2D eigenvalue weighted by Gasteiger charge is -2.14. The van der Waals surface area contributed by atoms with Gasteiger partial charge in [-0.2, -0.15) is 27.1 Å². The van der Waals surface area contributed by atoms with Gasteiger partial charge in [-0.25, -0.2) is 27.4 Å². The van der Waals surface area contributed by atoms with Crippen molar-refractivity contribution in [3.8, 4) is 11.5 Å². The number of nitrogens with two attached hydrogens (primary N) is 3. The van der Waals surface area contributed by atoms with E-state index in [9.17, 15) is 47.9 Å². The van der Waals surface area contributed by atoms with Gasteiger partial charge in [0.1, 0.15) is 38.3 Å². The van der Waals surface area contributed by atoms with Crippen molar-refractivity contribution in [2.24, 2.45) is 30.7 Å². The lowest BCUT2D eigenvalue weighted by atomic mass is 10.1. The van der Waals surface area contributed by atoms with Crippen LogP contribution in [0.25, 0.3) is 10.8 Å². The summed E-state index contributed by atoms with van der Waals surface area (Å²) in [6.07, 6.45) is 0. The summed E-state index contributed by atoms with van der Waals surface area (Å²) in [7, 11) is -17.6. The van der Waals surface area contributed by atoms with Gasteiger partial charge in [-0.1, -0.05) is 10.1 Å². The maximum atomic E-state index is 13.3. The monoisotopic (exact) mass is 1110 g/mol. The van der Waals surface area contributed by atoms with Crippen LogP contribution in [0.5, 0.6) is 11.5 Å². The molecule has 0 radical (unpaired) electrons. The van der Waals surface area contributed by atoms with Gasteiger partial charge < -0.3 is 27.0 Å². The number of rotatable bonds is 22. The van der Waals surface area contributed by atoms with Crippen LogP contribution in [0, 0.1) is 0 Å². The summed E-state index contributed by atoms with van der Waals surface area (Å²) in [6.45, 7) is -0.545. The van der Waals surface area contributed by atoms with Gasteiger partial charge in [0.2, 0.25) is 0 Å². The fourth-order valence-electron chi connectivity index (χ4n) is 6.02. The zero-order valence-electron chi connectivity index (χ0n) is 35.9. The van der Waals surface area contributed by atoms with Crippen LogP contribution in [0.4, 0.5) is 56.9 Å². The van der Waals surface area contributed by atoms with Crippen LogP contribution in [-0.4, -0.2) is 77.9 Å². The smallest absolute Gasteiger partial charge is 0.296 e. The number of ether oxygens (including phenoxy) is 1. The fourth-order valence-corrected chi connectivity index (χ4v) is 10.4. The highest BCUT2D eigenvalue weighted by Gasteiger charge is 2.27. The van der Waals surface area contributed by atoms with Crippen molar-refractivity contribution in [2.75, 3.05) is 41.4 Å². The molecule has 12 N–H and O–H groups in total. The predicted molar refractivity (Wildman–Crippen MR) is 255 cm³/mol. The molecule has 0 aliphatic carbocycles. The van der Waals surface area contributed by atoms with Gasteiger partial charge in [-0.3, -0.25) is 18.0 Å². The molecule has 0 amide bonds. The number of anilines is 4. The number of hydrogen-bond donors (Lipinski definition) is 9. The number of sulfone groups is 1. The molecule has 35 heteroatoms. The average molecular weight is 1120 g/mol. The van der Waals surface area contributed by atoms with Gasteiger partial charge >= 0.3 is 0 Å². The van der Waals surface area contributed by atoms with Crippen LogP contribution in [0.3, 0.4) is 0 Å². The Morgan fingerprint density at radius 2 is 1.24 bits per heavy atom. The van der Waals surface area contributed by atoms with E-state index in [0.717, 1.165) is 36.4 Å². The lowest BCUT2D eigenvalue weighted by Crippen LogP contribution is -2.12. The first-order valence-electron chi connectivity index (χ1n) is 19.0. The standard InChI is InChI=1S/C37H34N10O19S6/c1-61-29-18-28(25(38)17-26(29)39)44-41-20-2-4-22(5-3-20)47-70(53,54)23-8-6-21(7-9-23)42-46-36-32(72(58,59)60)15-19-14-30(67-65-63-49)35(34(40)33(19)37(36)48)45-43-27-11-10-24(16-31(27)71(55,56)57)69(51,52)13-12-62-68-66-64-50/h2-11,14-18,47-50H,12-13,38-40H2,1H3,(H,55,56,57)(H,58,59,60)/b44-41+,45-43+,46-42+. The van der Waals surface area contributed by atoms with Gasteiger partial charge in [0.05, 0.1) is 80.0 Å². The molecule has 0 saturated heterocycles. The summed E-state index contributed by atoms with van der Waals surface area (Å²) in [6, 6.07) is 17.5. The third kappa shape index (κ3) is 13.2. The molecule has 0 saturated carbocycles. The van der Waals surface area contributed by atoms with Crippen LogP contribution in [0.15, 0.2) is 146 Å². The summed E-state index contributed by atoms with van der Waals surface area (Å²) in [5.74, 6) is -1.45. The van der Waals surface area contributed by atoms with Crippen LogP contribution < -0.4 is 26.7 Å². The molecule has 0 atom stereocenters. The van der Waals surface area contributed by atoms with Gasteiger partial charge in [0.15, 0.2) is 27.9 Å². The molecule has 382 valence electrons. The highest BCUT2D eigenvalue weighted by atomic mass is 32.2. The molecule has 72 heavy (non-hydrogen) atoms. The molecule has 0 bridgehead atoms. The normalized spacial score (nSPS) is 12.7. The third-order valence-corrected chi connectivity index (χ3v) is 15.1. The minimum Gasteiger partial charge on any atom is -0.505 e. The molecular formula is C37H34N10O19S6. The van der Waals surface area contributed by atoms with E-state index in [-0.39, 0.29) is 62.3 Å². The van der Waals surface area contributed by atoms with E-state index in [0.29, 0.717) is 23.2 Å². The van der Waals surface area contributed by atoms with Crippen molar-refractivity contribution in [3.63, 3.8) is 0 Å². The second-order valence-corrected chi connectivity index (χ2v) is 21.7. The molecule has 6 aromatic carbocycles. The Kier molecular flexibility index (Phi) is 17.3. The first-order chi connectivity index (χ1) is 34.0. The number of phenols is 1. The number of methoxy groups -OCH3 is 1. The van der Waals surface area contributed by atoms with Crippen LogP contribution in [0.2, 0.25) is 0 Å². The largest absolute Gasteiger partial charge is 0.505 e. The van der Waals surface area contributed by atoms with E-state index >= 15 is 0 Å². The summed E-state index contributed by atoms with van der Waals surface area (Å²) < 4.78 is 143. The Bertz CT molecular complexity index is 3570. The first-order valence-corrected chi connectivity index (χ1v) is 26.5. The van der Waals surface area contributed by atoms with Crippen LogP contribution in [-0.2, 0) is 63.0 Å². The minimum absolute atomic E-state index is 0.0850. The maximum Gasteiger partial charge on any atom is 0.296 e. The molecule has 29 nitrogen and oxygen atoms in total. The van der Waals surface area contributed by atoms with E-state index in [1.54, 1.807) is 0 Å². The number of nitrogens with zero attached hydrogens (tertiary/aromatic N) is 6. The summed E-state index contributed by atoms with van der Waals surface area (Å²) >= 11 is 0.264. The van der Waals surface area contributed by atoms with E-state index in [1.165, 1.54) is 55.6 Å². The quantitative estimate of drug-likeness (QED) is 0.00590.